The highest BCUT2D eigenvalue weighted by molar-refractivity contribution is 5.73. The summed E-state index contributed by atoms with van der Waals surface area (Å²) < 4.78 is 5.59. The standard InChI is InChI=1S/C15H21N3O/c1-12-17-14-4-3-13(11-15(14)19-12)5-9-18-8-2-6-16-7-10-18/h3-4,11,16H,2,5-10H2,1H3. The maximum absolute atomic E-state index is 5.59. The van der Waals surface area contributed by atoms with Gasteiger partial charge in [0.15, 0.2) is 11.5 Å². The van der Waals surface area contributed by atoms with Crippen LogP contribution in [0.25, 0.3) is 11.1 Å². The highest BCUT2D eigenvalue weighted by Gasteiger charge is 2.09. The predicted molar refractivity (Wildman–Crippen MR) is 76.4 cm³/mol. The zero-order valence-corrected chi connectivity index (χ0v) is 11.5. The number of hydrogen-bond acceptors (Lipinski definition) is 4. The van der Waals surface area contributed by atoms with Crippen molar-refractivity contribution in [2.24, 2.45) is 0 Å². The summed E-state index contributed by atoms with van der Waals surface area (Å²) in [5.41, 5.74) is 3.20. The molecule has 1 aliphatic heterocycles. The third-order valence-corrected chi connectivity index (χ3v) is 3.71. The highest BCUT2D eigenvalue weighted by atomic mass is 16.3. The van der Waals surface area contributed by atoms with E-state index in [-0.39, 0.29) is 0 Å². The van der Waals surface area contributed by atoms with Crippen LogP contribution in [-0.4, -0.2) is 42.6 Å². The molecule has 0 spiro atoms. The first-order valence-electron chi connectivity index (χ1n) is 7.10. The van der Waals surface area contributed by atoms with Crippen molar-refractivity contribution in [2.75, 3.05) is 32.7 Å². The zero-order valence-electron chi connectivity index (χ0n) is 11.5. The van der Waals surface area contributed by atoms with Crippen LogP contribution in [0.5, 0.6) is 0 Å². The van der Waals surface area contributed by atoms with Crippen LogP contribution in [0.1, 0.15) is 17.9 Å². The Bertz CT molecular complexity index is 541. The number of benzene rings is 1. The Labute approximate surface area is 113 Å². The van der Waals surface area contributed by atoms with Crippen LogP contribution in [0.4, 0.5) is 0 Å². The van der Waals surface area contributed by atoms with Crippen LogP contribution >= 0.6 is 0 Å². The van der Waals surface area contributed by atoms with Gasteiger partial charge in [-0.15, -0.1) is 0 Å². The first-order chi connectivity index (χ1) is 9.31. The topological polar surface area (TPSA) is 41.3 Å². The lowest BCUT2D eigenvalue weighted by molar-refractivity contribution is 0.296. The Kier molecular flexibility index (Phi) is 3.80. The second kappa shape index (κ2) is 5.72. The van der Waals surface area contributed by atoms with E-state index in [1.165, 1.54) is 18.5 Å². The first-order valence-corrected chi connectivity index (χ1v) is 7.10. The van der Waals surface area contributed by atoms with Gasteiger partial charge in [-0.25, -0.2) is 4.98 Å². The number of oxazole rings is 1. The minimum Gasteiger partial charge on any atom is -0.441 e. The summed E-state index contributed by atoms with van der Waals surface area (Å²) in [6, 6.07) is 6.36. The molecule has 0 atom stereocenters. The minimum absolute atomic E-state index is 0.741. The molecule has 1 aromatic carbocycles. The van der Waals surface area contributed by atoms with Crippen LogP contribution in [-0.2, 0) is 6.42 Å². The Morgan fingerprint density at radius 3 is 3.21 bits per heavy atom. The molecule has 19 heavy (non-hydrogen) atoms. The summed E-state index contributed by atoms with van der Waals surface area (Å²) in [4.78, 5) is 6.87. The minimum atomic E-state index is 0.741. The summed E-state index contributed by atoms with van der Waals surface area (Å²) in [5, 5.41) is 3.44. The molecule has 0 amide bonds. The maximum atomic E-state index is 5.59. The molecule has 0 radical (unpaired) electrons. The lowest BCUT2D eigenvalue weighted by atomic mass is 10.1. The van der Waals surface area contributed by atoms with Crippen molar-refractivity contribution in [1.82, 2.24) is 15.2 Å². The molecule has 1 N–H and O–H groups in total. The van der Waals surface area contributed by atoms with Crippen molar-refractivity contribution in [3.63, 3.8) is 0 Å². The van der Waals surface area contributed by atoms with E-state index in [0.717, 1.165) is 49.6 Å². The second-order valence-corrected chi connectivity index (χ2v) is 5.23. The summed E-state index contributed by atoms with van der Waals surface area (Å²) in [6.07, 6.45) is 2.33. The van der Waals surface area contributed by atoms with Gasteiger partial charge in [-0.1, -0.05) is 6.07 Å². The maximum Gasteiger partial charge on any atom is 0.192 e. The molecule has 1 saturated heterocycles. The van der Waals surface area contributed by atoms with Crippen molar-refractivity contribution in [2.45, 2.75) is 19.8 Å². The van der Waals surface area contributed by atoms with Crippen molar-refractivity contribution in [3.8, 4) is 0 Å². The number of nitrogens with one attached hydrogen (secondary N) is 1. The summed E-state index contributed by atoms with van der Waals surface area (Å²) in [5.74, 6) is 0.741. The molecular formula is C15H21N3O. The fourth-order valence-electron chi connectivity index (χ4n) is 2.65. The molecule has 4 nitrogen and oxygen atoms in total. The van der Waals surface area contributed by atoms with Gasteiger partial charge < -0.3 is 14.6 Å². The van der Waals surface area contributed by atoms with E-state index >= 15 is 0 Å². The molecule has 1 aliphatic rings. The van der Waals surface area contributed by atoms with Crippen LogP contribution in [0.2, 0.25) is 0 Å². The number of aromatic nitrogens is 1. The summed E-state index contributed by atoms with van der Waals surface area (Å²) in [6.45, 7) is 7.64. The van der Waals surface area contributed by atoms with E-state index in [2.05, 4.69) is 33.4 Å². The predicted octanol–water partition coefficient (Wildman–Crippen LogP) is 1.97. The Morgan fingerprint density at radius 1 is 1.32 bits per heavy atom. The average molecular weight is 259 g/mol. The van der Waals surface area contributed by atoms with Gasteiger partial charge in [0, 0.05) is 26.6 Å². The van der Waals surface area contributed by atoms with Crippen LogP contribution in [0, 0.1) is 6.92 Å². The second-order valence-electron chi connectivity index (χ2n) is 5.23. The van der Waals surface area contributed by atoms with E-state index in [1.807, 2.05) is 6.92 Å². The first kappa shape index (κ1) is 12.6. The zero-order chi connectivity index (χ0) is 13.1. The average Bonchev–Trinajstić information content (AvgIpc) is 2.62. The third-order valence-electron chi connectivity index (χ3n) is 3.71. The Hall–Kier alpha value is -1.39. The third kappa shape index (κ3) is 3.14. The molecule has 3 rings (SSSR count). The molecule has 0 aliphatic carbocycles. The van der Waals surface area contributed by atoms with E-state index in [4.69, 9.17) is 4.42 Å². The van der Waals surface area contributed by atoms with E-state index < -0.39 is 0 Å². The molecule has 0 saturated carbocycles. The van der Waals surface area contributed by atoms with E-state index in [0.29, 0.717) is 0 Å². The molecule has 102 valence electrons. The SMILES string of the molecule is Cc1nc2ccc(CCN3CCCNCC3)cc2o1. The lowest BCUT2D eigenvalue weighted by Crippen LogP contribution is -2.30. The number of rotatable bonds is 3. The summed E-state index contributed by atoms with van der Waals surface area (Å²) in [7, 11) is 0. The van der Waals surface area contributed by atoms with Crippen molar-refractivity contribution < 1.29 is 4.42 Å². The number of fused-ring (bicyclic) bond motifs is 1. The Morgan fingerprint density at radius 2 is 2.26 bits per heavy atom. The van der Waals surface area contributed by atoms with Gasteiger partial charge in [0.05, 0.1) is 0 Å². The Balaban J connectivity index is 1.64. The molecule has 2 aromatic rings. The van der Waals surface area contributed by atoms with Gasteiger partial charge in [-0.05, 0) is 43.6 Å². The van der Waals surface area contributed by atoms with Crippen molar-refractivity contribution in [3.05, 3.63) is 29.7 Å². The number of aryl methyl sites for hydroxylation is 1. The van der Waals surface area contributed by atoms with Crippen LogP contribution in [0.3, 0.4) is 0 Å². The van der Waals surface area contributed by atoms with Gasteiger partial charge >= 0.3 is 0 Å². The smallest absolute Gasteiger partial charge is 0.192 e. The molecule has 0 unspecified atom stereocenters. The normalized spacial score (nSPS) is 17.7. The quantitative estimate of drug-likeness (QED) is 0.915. The lowest BCUT2D eigenvalue weighted by Gasteiger charge is -2.19. The molecule has 1 fully saturated rings. The van der Waals surface area contributed by atoms with Crippen molar-refractivity contribution in [1.29, 1.82) is 0 Å². The number of hydrogen-bond donors (Lipinski definition) is 1. The fraction of sp³-hybridized carbons (Fsp3) is 0.533. The molecule has 0 bridgehead atoms. The monoisotopic (exact) mass is 259 g/mol. The molecule has 1 aromatic heterocycles. The summed E-state index contributed by atoms with van der Waals surface area (Å²) >= 11 is 0. The highest BCUT2D eigenvalue weighted by Crippen LogP contribution is 2.17. The van der Waals surface area contributed by atoms with Gasteiger partial charge in [0.1, 0.15) is 5.52 Å². The van der Waals surface area contributed by atoms with Crippen LogP contribution in [0.15, 0.2) is 22.6 Å². The fourth-order valence-corrected chi connectivity index (χ4v) is 2.65. The van der Waals surface area contributed by atoms with Crippen LogP contribution < -0.4 is 5.32 Å². The molecular weight excluding hydrogens is 238 g/mol. The van der Waals surface area contributed by atoms with Gasteiger partial charge in [0.25, 0.3) is 0 Å². The van der Waals surface area contributed by atoms with Gasteiger partial charge in [-0.2, -0.15) is 0 Å². The van der Waals surface area contributed by atoms with E-state index in [1.54, 1.807) is 0 Å². The number of nitrogens with zero attached hydrogens (tertiary/aromatic N) is 2. The molecule has 4 heteroatoms. The molecule has 2 heterocycles. The van der Waals surface area contributed by atoms with Gasteiger partial charge in [0.2, 0.25) is 0 Å². The van der Waals surface area contributed by atoms with E-state index in [9.17, 15) is 0 Å². The largest absolute Gasteiger partial charge is 0.441 e. The van der Waals surface area contributed by atoms with Gasteiger partial charge in [-0.3, -0.25) is 0 Å². The van der Waals surface area contributed by atoms with Crippen molar-refractivity contribution >= 4 is 11.1 Å².